The maximum absolute atomic E-state index is 5.30. The molecule has 0 saturated heterocycles. The summed E-state index contributed by atoms with van der Waals surface area (Å²) in [4.78, 5) is 15.7. The molecule has 0 spiro atoms. The third-order valence-corrected chi connectivity index (χ3v) is 14.2. The second-order valence-electron chi connectivity index (χ2n) is 17.2. The predicted octanol–water partition coefficient (Wildman–Crippen LogP) is 17.0. The Hall–Kier alpha value is -8.77. The lowest BCUT2D eigenvalue weighted by Gasteiger charge is -2.21. The van der Waals surface area contributed by atoms with Gasteiger partial charge in [0.1, 0.15) is 0 Å². The lowest BCUT2D eigenvalue weighted by molar-refractivity contribution is 1.07. The number of hydrogen-bond acceptors (Lipinski definition) is 4. The first-order valence-corrected chi connectivity index (χ1v) is 23.7. The van der Waals surface area contributed by atoms with E-state index >= 15 is 0 Å². The Labute approximate surface area is 397 Å². The van der Waals surface area contributed by atoms with Crippen LogP contribution in [0.5, 0.6) is 0 Å². The first kappa shape index (κ1) is 39.6. The number of fused-ring (bicyclic) bond motifs is 6. The summed E-state index contributed by atoms with van der Waals surface area (Å²) in [6, 6.07) is 86.7. The molecule has 0 unspecified atom stereocenters. The molecule has 0 aliphatic rings. The smallest absolute Gasteiger partial charge is 0.164 e. The van der Waals surface area contributed by atoms with Crippen molar-refractivity contribution in [2.24, 2.45) is 0 Å². The van der Waals surface area contributed by atoms with Crippen LogP contribution in [0.2, 0.25) is 0 Å². The Morgan fingerprint density at radius 3 is 1.21 bits per heavy atom. The minimum Gasteiger partial charge on any atom is -0.308 e. The summed E-state index contributed by atoms with van der Waals surface area (Å²) in [5, 5.41) is 4.96. The number of aromatic nitrogens is 4. The second kappa shape index (κ2) is 16.6. The second-order valence-corrected chi connectivity index (χ2v) is 18.2. The first-order valence-electron chi connectivity index (χ1n) is 22.9. The maximum atomic E-state index is 5.30. The van der Waals surface area contributed by atoms with E-state index in [2.05, 4.69) is 211 Å². The van der Waals surface area contributed by atoms with Crippen LogP contribution >= 0.6 is 11.3 Å². The molecule has 4 nitrogen and oxygen atoms in total. The van der Waals surface area contributed by atoms with Crippen LogP contribution in [0.25, 0.3) is 126 Å². The highest BCUT2D eigenvalue weighted by atomic mass is 32.1. The van der Waals surface area contributed by atoms with Gasteiger partial charge in [-0.1, -0.05) is 206 Å². The number of thiophene rings is 1. The van der Waals surface area contributed by atoms with Crippen LogP contribution in [0.15, 0.2) is 243 Å². The monoisotopic (exact) mass is 884 g/mol. The van der Waals surface area contributed by atoms with Crippen LogP contribution in [0.3, 0.4) is 0 Å². The van der Waals surface area contributed by atoms with Gasteiger partial charge in [0.15, 0.2) is 17.5 Å². The molecule has 0 atom stereocenters. The number of benzene rings is 10. The molecule has 0 aliphatic carbocycles. The summed E-state index contributed by atoms with van der Waals surface area (Å²) in [5.74, 6) is 1.84. The van der Waals surface area contributed by atoms with Crippen LogP contribution in [0.4, 0.5) is 0 Å². The molecule has 13 aromatic rings. The quantitative estimate of drug-likeness (QED) is 0.153. The highest BCUT2D eigenvalue weighted by molar-refractivity contribution is 7.25. The summed E-state index contributed by atoms with van der Waals surface area (Å²) < 4.78 is 5.08. The van der Waals surface area contributed by atoms with Crippen molar-refractivity contribution in [2.45, 2.75) is 0 Å². The zero-order chi connectivity index (χ0) is 45.0. The molecule has 10 aromatic carbocycles. The molecule has 0 saturated carbocycles. The van der Waals surface area contributed by atoms with Gasteiger partial charge in [-0.05, 0) is 69.8 Å². The molecule has 0 fully saturated rings. The van der Waals surface area contributed by atoms with E-state index in [4.69, 9.17) is 15.0 Å². The van der Waals surface area contributed by atoms with Gasteiger partial charge in [0, 0.05) is 58.8 Å². The van der Waals surface area contributed by atoms with Gasteiger partial charge in [0.05, 0.1) is 16.7 Å². The number of rotatable bonds is 8. The van der Waals surface area contributed by atoms with Gasteiger partial charge in [0.25, 0.3) is 0 Å². The fraction of sp³-hybridized carbons (Fsp3) is 0. The van der Waals surface area contributed by atoms with E-state index in [1.165, 1.54) is 42.1 Å². The molecule has 0 N–H and O–H groups in total. The van der Waals surface area contributed by atoms with Gasteiger partial charge in [-0.15, -0.1) is 11.3 Å². The maximum Gasteiger partial charge on any atom is 0.164 e. The van der Waals surface area contributed by atoms with Crippen molar-refractivity contribution in [3.63, 3.8) is 0 Å². The van der Waals surface area contributed by atoms with Crippen LogP contribution in [-0.2, 0) is 0 Å². The van der Waals surface area contributed by atoms with Crippen LogP contribution in [-0.4, -0.2) is 19.5 Å². The molecule has 13 rings (SSSR count). The van der Waals surface area contributed by atoms with Crippen molar-refractivity contribution in [3.05, 3.63) is 243 Å². The Kier molecular flexibility index (Phi) is 9.66. The fourth-order valence-electron chi connectivity index (χ4n) is 9.76. The largest absolute Gasteiger partial charge is 0.308 e. The van der Waals surface area contributed by atoms with Crippen molar-refractivity contribution in [3.8, 4) is 84.4 Å². The summed E-state index contributed by atoms with van der Waals surface area (Å²) in [5.41, 5.74) is 15.1. The summed E-state index contributed by atoms with van der Waals surface area (Å²) in [6.07, 6.45) is 0. The normalized spacial score (nSPS) is 11.5. The van der Waals surface area contributed by atoms with Crippen molar-refractivity contribution in [1.82, 2.24) is 19.5 Å². The van der Waals surface area contributed by atoms with E-state index in [0.717, 1.165) is 66.8 Å². The number of nitrogens with zero attached hydrogens (tertiary/aromatic N) is 4. The zero-order valence-electron chi connectivity index (χ0n) is 36.8. The molecule has 68 heavy (non-hydrogen) atoms. The molecule has 0 aliphatic heterocycles. The predicted molar refractivity (Wildman–Crippen MR) is 285 cm³/mol. The lowest BCUT2D eigenvalue weighted by Crippen LogP contribution is -2.04. The first-order chi connectivity index (χ1) is 33.7. The third kappa shape index (κ3) is 6.96. The average molecular weight is 885 g/mol. The lowest BCUT2D eigenvalue weighted by atomic mass is 9.91. The van der Waals surface area contributed by atoms with Gasteiger partial charge in [-0.25, -0.2) is 15.0 Å². The fourth-order valence-corrected chi connectivity index (χ4v) is 10.9. The topological polar surface area (TPSA) is 43.6 Å². The molecule has 3 aromatic heterocycles. The third-order valence-electron chi connectivity index (χ3n) is 13.1. The van der Waals surface area contributed by atoms with Crippen molar-refractivity contribution >= 4 is 53.3 Å². The molecule has 3 heterocycles. The highest BCUT2D eigenvalue weighted by Gasteiger charge is 2.24. The van der Waals surface area contributed by atoms with E-state index in [9.17, 15) is 0 Å². The van der Waals surface area contributed by atoms with Crippen LogP contribution in [0.1, 0.15) is 0 Å². The summed E-state index contributed by atoms with van der Waals surface area (Å²) >= 11 is 1.86. The van der Waals surface area contributed by atoms with E-state index < -0.39 is 0 Å². The van der Waals surface area contributed by atoms with Gasteiger partial charge in [0.2, 0.25) is 0 Å². The molecule has 0 amide bonds. The Morgan fingerprint density at radius 2 is 0.676 bits per heavy atom. The molecule has 0 bridgehead atoms. The minimum absolute atomic E-state index is 0.599. The molecule has 318 valence electrons. The molecular weight excluding hydrogens is 845 g/mol. The van der Waals surface area contributed by atoms with Gasteiger partial charge in [-0.3, -0.25) is 0 Å². The summed E-state index contributed by atoms with van der Waals surface area (Å²) in [7, 11) is 0. The van der Waals surface area contributed by atoms with E-state index in [1.807, 2.05) is 47.7 Å². The highest BCUT2D eigenvalue weighted by Crippen LogP contribution is 2.46. The van der Waals surface area contributed by atoms with Gasteiger partial charge < -0.3 is 4.57 Å². The Balaban J connectivity index is 1.15. The Bertz CT molecular complexity index is 3810. The molecular formula is C63H40N4S. The minimum atomic E-state index is 0.599. The Morgan fingerprint density at radius 1 is 0.265 bits per heavy atom. The van der Waals surface area contributed by atoms with E-state index in [1.54, 1.807) is 0 Å². The van der Waals surface area contributed by atoms with Crippen molar-refractivity contribution < 1.29 is 0 Å². The molecule has 5 heteroatoms. The average Bonchev–Trinajstić information content (AvgIpc) is 3.95. The van der Waals surface area contributed by atoms with E-state index in [-0.39, 0.29) is 0 Å². The summed E-state index contributed by atoms with van der Waals surface area (Å²) in [6.45, 7) is 0. The van der Waals surface area contributed by atoms with Crippen LogP contribution in [0, 0.1) is 0 Å². The number of hydrogen-bond donors (Lipinski definition) is 0. The molecule has 0 radical (unpaired) electrons. The van der Waals surface area contributed by atoms with Gasteiger partial charge in [-0.2, -0.15) is 0 Å². The zero-order valence-corrected chi connectivity index (χ0v) is 37.6. The van der Waals surface area contributed by atoms with Crippen molar-refractivity contribution in [2.75, 3.05) is 0 Å². The number of para-hydroxylation sites is 1. The van der Waals surface area contributed by atoms with E-state index in [0.29, 0.717) is 17.5 Å². The van der Waals surface area contributed by atoms with Crippen molar-refractivity contribution in [1.29, 1.82) is 0 Å². The SMILES string of the molecule is c1ccc(-c2ccc(-c3cc(-c4nc(-c5ccccc5)nc(-c5ccccc5)n4)cc(-c4ccc(-c5ccccc5)cc4)c3-n3c4ccccc4c4cc5sc6ccccc6c5cc43)cc2)cc1. The van der Waals surface area contributed by atoms with Gasteiger partial charge >= 0.3 is 0 Å². The standard InChI is InChI=1S/C63H40N4S/c1-5-17-41(18-6-1)43-29-33-45(34-30-43)52-37-49(63-65-61(47-21-9-3-10-22-47)64-62(66-63)48-23-11-4-12-24-48)38-53(46-35-31-44(32-36-46)42-19-7-2-8-20-42)60(52)67-56-27-15-13-25-50(56)54-40-59-55(39-57(54)67)51-26-14-16-28-58(51)68-59/h1-40H. The van der Waals surface area contributed by atoms with Crippen LogP contribution < -0.4 is 0 Å².